The molecule has 0 unspecified atom stereocenters. The molecule has 1 aliphatic heterocycles. The van der Waals surface area contributed by atoms with E-state index in [4.69, 9.17) is 0 Å². The maximum atomic E-state index is 12.3. The molecule has 2 aromatic carbocycles. The molecule has 3 rings (SSSR count). The number of nitrogens with one attached hydrogen (secondary N) is 1. The molecule has 0 bridgehead atoms. The minimum Gasteiger partial charge on any atom is -0.299 e. The van der Waals surface area contributed by atoms with Gasteiger partial charge in [0.25, 0.3) is 0 Å². The summed E-state index contributed by atoms with van der Waals surface area (Å²) in [5.74, 6) is 0. The quantitative estimate of drug-likeness (QED) is 0.613. The van der Waals surface area contributed by atoms with Crippen molar-refractivity contribution in [3.05, 3.63) is 63.7 Å². The fourth-order valence-electron chi connectivity index (χ4n) is 3.05. The first-order valence-corrected chi connectivity index (χ1v) is 11.3. The van der Waals surface area contributed by atoms with Gasteiger partial charge in [-0.25, -0.2) is 13.1 Å². The van der Waals surface area contributed by atoms with Gasteiger partial charge in [-0.2, -0.15) is 0 Å². The maximum Gasteiger partial charge on any atom is 0.240 e. The lowest BCUT2D eigenvalue weighted by molar-refractivity contribution is 0.129. The van der Waals surface area contributed by atoms with Crippen LogP contribution in [0.5, 0.6) is 0 Å². The molecule has 1 heterocycles. The van der Waals surface area contributed by atoms with Gasteiger partial charge in [-0.15, -0.1) is 0 Å². The minimum absolute atomic E-state index is 0.325. The van der Waals surface area contributed by atoms with Gasteiger partial charge in [0.1, 0.15) is 0 Å². The van der Waals surface area contributed by atoms with E-state index in [0.29, 0.717) is 11.4 Å². The van der Waals surface area contributed by atoms with Crippen molar-refractivity contribution in [3.63, 3.8) is 0 Å². The first-order chi connectivity index (χ1) is 12.5. The summed E-state index contributed by atoms with van der Waals surface area (Å²) in [4.78, 5) is 5.09. The third-order valence-electron chi connectivity index (χ3n) is 4.56. The molecule has 1 saturated heterocycles. The average molecular weight is 485 g/mol. The molecule has 1 N–H and O–H groups in total. The zero-order valence-corrected chi connectivity index (χ0v) is 17.6. The van der Waals surface area contributed by atoms with E-state index in [0.717, 1.165) is 42.8 Å². The van der Waals surface area contributed by atoms with Gasteiger partial charge in [0.15, 0.2) is 0 Å². The van der Waals surface area contributed by atoms with E-state index in [9.17, 15) is 8.42 Å². The molecule has 0 aromatic heterocycles. The fraction of sp³-hybridized carbons (Fsp3) is 0.368. The predicted octanol–water partition coefficient (Wildman–Crippen LogP) is 2.39. The SMILES string of the molecule is O=S(=O)(NCCN1CCN(Cc2ccccc2)CC1)c1ccc(I)cc1. The Morgan fingerprint density at radius 1 is 0.885 bits per heavy atom. The Morgan fingerprint density at radius 3 is 2.15 bits per heavy atom. The molecular weight excluding hydrogens is 461 g/mol. The van der Waals surface area contributed by atoms with Crippen molar-refractivity contribution in [2.45, 2.75) is 11.4 Å². The lowest BCUT2D eigenvalue weighted by atomic mass is 10.2. The zero-order valence-electron chi connectivity index (χ0n) is 14.6. The topological polar surface area (TPSA) is 52.7 Å². The standard InChI is InChI=1S/C19H24IN3O2S/c20-18-6-8-19(9-7-18)26(24,25)21-10-11-22-12-14-23(15-13-22)16-17-4-2-1-3-5-17/h1-9,21H,10-16H2. The van der Waals surface area contributed by atoms with E-state index in [1.54, 1.807) is 24.3 Å². The predicted molar refractivity (Wildman–Crippen MR) is 113 cm³/mol. The van der Waals surface area contributed by atoms with E-state index >= 15 is 0 Å². The molecule has 0 saturated carbocycles. The van der Waals surface area contributed by atoms with Crippen LogP contribution in [0, 0.1) is 3.57 Å². The summed E-state index contributed by atoms with van der Waals surface area (Å²) in [6.45, 7) is 6.12. The highest BCUT2D eigenvalue weighted by Crippen LogP contribution is 2.12. The first-order valence-electron chi connectivity index (χ1n) is 8.77. The number of hydrogen-bond donors (Lipinski definition) is 1. The third kappa shape index (κ3) is 5.75. The number of benzene rings is 2. The Balaban J connectivity index is 1.40. The average Bonchev–Trinajstić information content (AvgIpc) is 2.64. The second-order valence-corrected chi connectivity index (χ2v) is 9.47. The van der Waals surface area contributed by atoms with Crippen LogP contribution in [0.2, 0.25) is 0 Å². The molecule has 5 nitrogen and oxygen atoms in total. The summed E-state index contributed by atoms with van der Waals surface area (Å²) in [6, 6.07) is 17.4. The summed E-state index contributed by atoms with van der Waals surface area (Å²) in [5.41, 5.74) is 1.34. The Kier molecular flexibility index (Phi) is 7.05. The molecule has 0 spiro atoms. The molecule has 0 amide bonds. The summed E-state index contributed by atoms with van der Waals surface area (Å²) < 4.78 is 28.3. The number of rotatable bonds is 7. The molecule has 1 fully saturated rings. The van der Waals surface area contributed by atoms with Gasteiger partial charge in [-0.1, -0.05) is 30.3 Å². The van der Waals surface area contributed by atoms with Crippen molar-refractivity contribution in [3.8, 4) is 0 Å². The highest BCUT2D eigenvalue weighted by atomic mass is 127. The van der Waals surface area contributed by atoms with Crippen LogP contribution in [0.15, 0.2) is 59.5 Å². The number of halogens is 1. The van der Waals surface area contributed by atoms with Crippen LogP contribution in [0.3, 0.4) is 0 Å². The van der Waals surface area contributed by atoms with Crippen molar-refractivity contribution >= 4 is 32.6 Å². The van der Waals surface area contributed by atoms with E-state index in [1.807, 2.05) is 6.07 Å². The summed E-state index contributed by atoms with van der Waals surface area (Å²) in [5, 5.41) is 0. The number of piperazine rings is 1. The molecular formula is C19H24IN3O2S. The van der Waals surface area contributed by atoms with Crippen LogP contribution in [0.4, 0.5) is 0 Å². The lowest BCUT2D eigenvalue weighted by Crippen LogP contribution is -2.48. The van der Waals surface area contributed by atoms with Crippen LogP contribution in [-0.4, -0.2) is 57.5 Å². The van der Waals surface area contributed by atoms with Crippen LogP contribution >= 0.6 is 22.6 Å². The van der Waals surface area contributed by atoms with Crippen LogP contribution in [0.25, 0.3) is 0 Å². The molecule has 0 radical (unpaired) electrons. The van der Waals surface area contributed by atoms with E-state index in [1.165, 1.54) is 5.56 Å². The number of hydrogen-bond acceptors (Lipinski definition) is 4. The highest BCUT2D eigenvalue weighted by molar-refractivity contribution is 14.1. The molecule has 26 heavy (non-hydrogen) atoms. The van der Waals surface area contributed by atoms with Crippen molar-refractivity contribution in [1.29, 1.82) is 0 Å². The largest absolute Gasteiger partial charge is 0.299 e. The van der Waals surface area contributed by atoms with Crippen LogP contribution in [0.1, 0.15) is 5.56 Å². The number of sulfonamides is 1. The van der Waals surface area contributed by atoms with E-state index in [2.05, 4.69) is 61.4 Å². The highest BCUT2D eigenvalue weighted by Gasteiger charge is 2.18. The van der Waals surface area contributed by atoms with Gasteiger partial charge in [0, 0.05) is 49.4 Å². The lowest BCUT2D eigenvalue weighted by Gasteiger charge is -2.34. The monoisotopic (exact) mass is 485 g/mol. The molecule has 0 atom stereocenters. The Hall–Kier alpha value is -1.000. The summed E-state index contributed by atoms with van der Waals surface area (Å²) in [7, 11) is -3.42. The Morgan fingerprint density at radius 2 is 1.50 bits per heavy atom. The minimum atomic E-state index is -3.42. The van der Waals surface area contributed by atoms with Gasteiger partial charge in [0.2, 0.25) is 10.0 Å². The van der Waals surface area contributed by atoms with E-state index < -0.39 is 10.0 Å². The van der Waals surface area contributed by atoms with Gasteiger partial charge >= 0.3 is 0 Å². The van der Waals surface area contributed by atoms with Gasteiger partial charge < -0.3 is 0 Å². The molecule has 2 aromatic rings. The molecule has 7 heteroatoms. The maximum absolute atomic E-state index is 12.3. The van der Waals surface area contributed by atoms with Crippen molar-refractivity contribution < 1.29 is 8.42 Å². The molecule has 0 aliphatic carbocycles. The van der Waals surface area contributed by atoms with Crippen molar-refractivity contribution in [2.24, 2.45) is 0 Å². The normalized spacial score (nSPS) is 16.7. The fourth-order valence-corrected chi connectivity index (χ4v) is 4.43. The summed E-state index contributed by atoms with van der Waals surface area (Å²) in [6.07, 6.45) is 0. The smallest absolute Gasteiger partial charge is 0.240 e. The molecule has 1 aliphatic rings. The third-order valence-corrected chi connectivity index (χ3v) is 6.75. The van der Waals surface area contributed by atoms with Crippen molar-refractivity contribution in [1.82, 2.24) is 14.5 Å². The summed E-state index contributed by atoms with van der Waals surface area (Å²) >= 11 is 2.17. The second-order valence-electron chi connectivity index (χ2n) is 6.46. The second kappa shape index (κ2) is 9.27. The zero-order chi connectivity index (χ0) is 18.4. The number of nitrogens with zero attached hydrogens (tertiary/aromatic N) is 2. The Bertz CT molecular complexity index is 789. The van der Waals surface area contributed by atoms with Crippen molar-refractivity contribution in [2.75, 3.05) is 39.3 Å². The van der Waals surface area contributed by atoms with Gasteiger partial charge in [-0.3, -0.25) is 9.80 Å². The Labute approximate surface area is 169 Å². The van der Waals surface area contributed by atoms with Gasteiger partial charge in [-0.05, 0) is 52.4 Å². The van der Waals surface area contributed by atoms with E-state index in [-0.39, 0.29) is 0 Å². The first kappa shape index (κ1) is 19.8. The van der Waals surface area contributed by atoms with Crippen LogP contribution < -0.4 is 4.72 Å². The van der Waals surface area contributed by atoms with Crippen LogP contribution in [-0.2, 0) is 16.6 Å². The molecule has 140 valence electrons. The van der Waals surface area contributed by atoms with Gasteiger partial charge in [0.05, 0.1) is 4.90 Å².